The molecule has 1 aromatic carbocycles. The van der Waals surface area contributed by atoms with Gasteiger partial charge in [0.2, 0.25) is 10.0 Å². The highest BCUT2D eigenvalue weighted by Crippen LogP contribution is 2.16. The van der Waals surface area contributed by atoms with Crippen molar-refractivity contribution in [1.82, 2.24) is 4.72 Å². The first-order valence-corrected chi connectivity index (χ1v) is 7.59. The molecule has 0 spiro atoms. The second-order valence-electron chi connectivity index (χ2n) is 4.10. The van der Waals surface area contributed by atoms with Crippen LogP contribution in [0.25, 0.3) is 0 Å². The third-order valence-corrected chi connectivity index (χ3v) is 3.16. The molecule has 0 fully saturated rings. The highest BCUT2D eigenvalue weighted by atomic mass is 32.2. The molecule has 0 aromatic heterocycles. The Bertz CT molecular complexity index is 469. The van der Waals surface area contributed by atoms with Gasteiger partial charge in [-0.05, 0) is 37.5 Å². The number of hydrogen-bond donors (Lipinski definition) is 2. The largest absolute Gasteiger partial charge is 0.385 e. The lowest BCUT2D eigenvalue weighted by Crippen LogP contribution is -2.24. The van der Waals surface area contributed by atoms with Gasteiger partial charge in [0.05, 0.1) is 6.26 Å². The molecule has 0 heterocycles. The Labute approximate surface area is 103 Å². The number of anilines is 1. The topological polar surface area (TPSA) is 58.2 Å². The van der Waals surface area contributed by atoms with Gasteiger partial charge in [0.1, 0.15) is 0 Å². The fourth-order valence-electron chi connectivity index (χ4n) is 1.65. The Morgan fingerprint density at radius 1 is 1.29 bits per heavy atom. The van der Waals surface area contributed by atoms with Gasteiger partial charge in [-0.15, -0.1) is 0 Å². The maximum atomic E-state index is 10.9. The molecule has 0 aliphatic carbocycles. The van der Waals surface area contributed by atoms with Crippen molar-refractivity contribution >= 4 is 15.7 Å². The van der Waals surface area contributed by atoms with Gasteiger partial charge >= 0.3 is 0 Å². The van der Waals surface area contributed by atoms with E-state index in [9.17, 15) is 8.42 Å². The lowest BCUT2D eigenvalue weighted by atomic mass is 10.1. The Hall–Kier alpha value is -1.07. The summed E-state index contributed by atoms with van der Waals surface area (Å²) in [5.41, 5.74) is 3.45. The second kappa shape index (κ2) is 6.02. The normalized spacial score (nSPS) is 11.5. The zero-order valence-electron chi connectivity index (χ0n) is 10.6. The summed E-state index contributed by atoms with van der Waals surface area (Å²) >= 11 is 0. The van der Waals surface area contributed by atoms with E-state index in [-0.39, 0.29) is 0 Å². The highest BCUT2D eigenvalue weighted by molar-refractivity contribution is 7.88. The van der Waals surface area contributed by atoms with Gasteiger partial charge in [-0.25, -0.2) is 13.1 Å². The molecule has 96 valence electrons. The number of sulfonamides is 1. The van der Waals surface area contributed by atoms with E-state index in [4.69, 9.17) is 0 Å². The Balaban J connectivity index is 2.58. The van der Waals surface area contributed by atoms with Crippen LogP contribution in [0.3, 0.4) is 0 Å². The molecule has 0 saturated heterocycles. The van der Waals surface area contributed by atoms with Gasteiger partial charge in [-0.2, -0.15) is 0 Å². The molecular formula is C12H20N2O2S. The van der Waals surface area contributed by atoms with Gasteiger partial charge in [0.25, 0.3) is 0 Å². The molecule has 5 heteroatoms. The van der Waals surface area contributed by atoms with Crippen molar-refractivity contribution in [2.24, 2.45) is 0 Å². The van der Waals surface area contributed by atoms with Crippen LogP contribution in [0.15, 0.2) is 18.2 Å². The maximum absolute atomic E-state index is 10.9. The van der Waals surface area contributed by atoms with Crippen molar-refractivity contribution < 1.29 is 8.42 Å². The molecule has 0 saturated carbocycles. The van der Waals surface area contributed by atoms with E-state index in [1.54, 1.807) is 0 Å². The minimum absolute atomic E-state index is 0.443. The van der Waals surface area contributed by atoms with Crippen molar-refractivity contribution in [3.63, 3.8) is 0 Å². The summed E-state index contributed by atoms with van der Waals surface area (Å²) in [6.07, 6.45) is 1.88. The van der Waals surface area contributed by atoms with Gasteiger partial charge in [-0.3, -0.25) is 0 Å². The molecule has 0 radical (unpaired) electrons. The standard InChI is InChI=1S/C12H20N2O2S/c1-4-13-12-6-5-11(9-10(12)2)7-8-14-17(3,15)16/h5-6,9,13-14H,4,7-8H2,1-3H3. The maximum Gasteiger partial charge on any atom is 0.208 e. The summed E-state index contributed by atoms with van der Waals surface area (Å²) in [5, 5.41) is 3.27. The molecule has 1 rings (SSSR count). The zero-order valence-corrected chi connectivity index (χ0v) is 11.4. The van der Waals surface area contributed by atoms with Gasteiger partial charge in [0.15, 0.2) is 0 Å². The molecule has 0 atom stereocenters. The quantitative estimate of drug-likeness (QED) is 0.811. The fraction of sp³-hybridized carbons (Fsp3) is 0.500. The first kappa shape index (κ1) is 14.0. The molecule has 0 bridgehead atoms. The SMILES string of the molecule is CCNc1ccc(CCNS(C)(=O)=O)cc1C. The number of aryl methyl sites for hydroxylation is 1. The molecule has 0 unspecified atom stereocenters. The van der Waals surface area contributed by atoms with E-state index in [1.807, 2.05) is 19.1 Å². The third kappa shape index (κ3) is 5.19. The first-order valence-electron chi connectivity index (χ1n) is 5.70. The first-order chi connectivity index (χ1) is 7.92. The van der Waals surface area contributed by atoms with Gasteiger partial charge < -0.3 is 5.32 Å². The van der Waals surface area contributed by atoms with Gasteiger partial charge in [-0.1, -0.05) is 12.1 Å². The summed E-state index contributed by atoms with van der Waals surface area (Å²) in [6, 6.07) is 6.14. The minimum atomic E-state index is -3.08. The minimum Gasteiger partial charge on any atom is -0.385 e. The molecular weight excluding hydrogens is 236 g/mol. The van der Waals surface area contributed by atoms with Crippen LogP contribution in [0.2, 0.25) is 0 Å². The molecule has 0 amide bonds. The highest BCUT2D eigenvalue weighted by Gasteiger charge is 2.02. The number of hydrogen-bond acceptors (Lipinski definition) is 3. The van der Waals surface area contributed by atoms with Crippen LogP contribution in [0, 0.1) is 6.92 Å². The Kier molecular flexibility index (Phi) is 4.96. The summed E-state index contributed by atoms with van der Waals surface area (Å²) in [7, 11) is -3.08. The van der Waals surface area contributed by atoms with Crippen molar-refractivity contribution in [3.05, 3.63) is 29.3 Å². The van der Waals surface area contributed by atoms with Crippen LogP contribution < -0.4 is 10.0 Å². The average molecular weight is 256 g/mol. The lowest BCUT2D eigenvalue weighted by Gasteiger charge is -2.09. The summed E-state index contributed by atoms with van der Waals surface area (Å²) in [4.78, 5) is 0. The molecule has 2 N–H and O–H groups in total. The predicted octanol–water partition coefficient (Wildman–Crippen LogP) is 1.52. The Morgan fingerprint density at radius 2 is 2.00 bits per heavy atom. The van der Waals surface area contributed by atoms with Crippen LogP contribution in [0.1, 0.15) is 18.1 Å². The van der Waals surface area contributed by atoms with E-state index in [1.165, 1.54) is 11.8 Å². The van der Waals surface area contributed by atoms with Crippen LogP contribution >= 0.6 is 0 Å². The van der Waals surface area contributed by atoms with Crippen molar-refractivity contribution in [1.29, 1.82) is 0 Å². The molecule has 0 aliphatic rings. The zero-order chi connectivity index (χ0) is 12.9. The fourth-order valence-corrected chi connectivity index (χ4v) is 2.12. The van der Waals surface area contributed by atoms with Crippen molar-refractivity contribution in [2.75, 3.05) is 24.7 Å². The Morgan fingerprint density at radius 3 is 2.53 bits per heavy atom. The monoisotopic (exact) mass is 256 g/mol. The molecule has 1 aromatic rings. The van der Waals surface area contributed by atoms with Crippen LogP contribution in [0.5, 0.6) is 0 Å². The van der Waals surface area contributed by atoms with E-state index in [0.717, 1.165) is 17.8 Å². The number of nitrogens with one attached hydrogen (secondary N) is 2. The van der Waals surface area contributed by atoms with Crippen LogP contribution in [-0.2, 0) is 16.4 Å². The third-order valence-electron chi connectivity index (χ3n) is 2.44. The second-order valence-corrected chi connectivity index (χ2v) is 5.93. The van der Waals surface area contributed by atoms with Crippen molar-refractivity contribution in [2.45, 2.75) is 20.3 Å². The summed E-state index contributed by atoms with van der Waals surface area (Å²) in [6.45, 7) is 5.45. The number of rotatable bonds is 6. The molecule has 0 aliphatic heterocycles. The van der Waals surface area contributed by atoms with Crippen molar-refractivity contribution in [3.8, 4) is 0 Å². The van der Waals surface area contributed by atoms with Gasteiger partial charge in [0, 0.05) is 18.8 Å². The van der Waals surface area contributed by atoms with Crippen LogP contribution in [-0.4, -0.2) is 27.8 Å². The molecule has 17 heavy (non-hydrogen) atoms. The smallest absolute Gasteiger partial charge is 0.208 e. The van der Waals surface area contributed by atoms with E-state index in [0.29, 0.717) is 13.0 Å². The predicted molar refractivity (Wildman–Crippen MR) is 71.9 cm³/mol. The average Bonchev–Trinajstić information content (AvgIpc) is 2.20. The van der Waals surface area contributed by atoms with E-state index in [2.05, 4.69) is 23.0 Å². The number of benzene rings is 1. The van der Waals surface area contributed by atoms with E-state index < -0.39 is 10.0 Å². The summed E-state index contributed by atoms with van der Waals surface area (Å²) in [5.74, 6) is 0. The summed E-state index contributed by atoms with van der Waals surface area (Å²) < 4.78 is 24.3. The lowest BCUT2D eigenvalue weighted by molar-refractivity contribution is 0.588. The van der Waals surface area contributed by atoms with Crippen LogP contribution in [0.4, 0.5) is 5.69 Å². The molecule has 4 nitrogen and oxygen atoms in total. The van der Waals surface area contributed by atoms with E-state index >= 15 is 0 Å².